The van der Waals surface area contributed by atoms with Crippen LogP contribution in [0.15, 0.2) is 0 Å². The van der Waals surface area contributed by atoms with Gasteiger partial charge < -0.3 is 33.2 Å². The molecule has 0 radical (unpaired) electrons. The van der Waals surface area contributed by atoms with Crippen molar-refractivity contribution >= 4 is 6.47 Å². The van der Waals surface area contributed by atoms with Gasteiger partial charge in [-0.15, -0.1) is 12.8 Å². The summed E-state index contributed by atoms with van der Waals surface area (Å²) in [7, 11) is 0. The molecule has 0 heterocycles. The molecule has 0 fully saturated rings. The Labute approximate surface area is 155 Å². The number of hydrogen-bond acceptors (Lipinski definition) is 8. The van der Waals surface area contributed by atoms with Gasteiger partial charge in [0, 0.05) is 0 Å². The first-order chi connectivity index (χ1) is 12.8. The second kappa shape index (κ2) is 21.4. The molecule has 0 aliphatic heterocycles. The van der Waals surface area contributed by atoms with E-state index >= 15 is 0 Å². The molecule has 0 bridgehead atoms. The summed E-state index contributed by atoms with van der Waals surface area (Å²) in [5.74, 6) is 4.73. The lowest BCUT2D eigenvalue weighted by atomic mass is 10.4. The lowest BCUT2D eigenvalue weighted by molar-refractivity contribution is -0.141. The van der Waals surface area contributed by atoms with Crippen LogP contribution >= 0.6 is 0 Å². The highest BCUT2D eigenvalue weighted by Crippen LogP contribution is 1.94. The highest BCUT2D eigenvalue weighted by Gasteiger charge is 2.10. The Morgan fingerprint density at radius 2 is 1.04 bits per heavy atom. The molecule has 8 nitrogen and oxygen atoms in total. The Bertz CT molecular complexity index is 356. The van der Waals surface area contributed by atoms with Crippen molar-refractivity contribution in [2.24, 2.45) is 0 Å². The molecule has 0 spiro atoms. The molecule has 0 atom stereocenters. The van der Waals surface area contributed by atoms with Gasteiger partial charge in [0.2, 0.25) is 0 Å². The van der Waals surface area contributed by atoms with Gasteiger partial charge in [-0.1, -0.05) is 11.8 Å². The number of ether oxygens (including phenoxy) is 7. The van der Waals surface area contributed by atoms with Gasteiger partial charge in [-0.05, 0) is 0 Å². The largest absolute Gasteiger partial charge is 0.460 e. The fraction of sp³-hybridized carbons (Fsp3) is 0.722. The molecule has 0 amide bonds. The average Bonchev–Trinajstić information content (AvgIpc) is 2.65. The van der Waals surface area contributed by atoms with Gasteiger partial charge in [0.15, 0.2) is 0 Å². The molecule has 26 heavy (non-hydrogen) atoms. The molecule has 0 aromatic carbocycles. The number of hydrogen-bond donors (Lipinski definition) is 0. The second-order valence-electron chi connectivity index (χ2n) is 4.74. The quantitative estimate of drug-likeness (QED) is 0.166. The van der Waals surface area contributed by atoms with Crippen molar-refractivity contribution in [3.05, 3.63) is 0 Å². The van der Waals surface area contributed by atoms with Crippen LogP contribution in [0.1, 0.15) is 0 Å². The molecule has 8 heteroatoms. The van der Waals surface area contributed by atoms with Crippen LogP contribution in [-0.2, 0) is 38.0 Å². The van der Waals surface area contributed by atoms with Crippen molar-refractivity contribution in [1.29, 1.82) is 0 Å². The van der Waals surface area contributed by atoms with Crippen molar-refractivity contribution < 1.29 is 38.0 Å². The van der Waals surface area contributed by atoms with Crippen LogP contribution in [0.3, 0.4) is 0 Å². The van der Waals surface area contributed by atoms with Crippen molar-refractivity contribution in [1.82, 2.24) is 0 Å². The Kier molecular flexibility index (Phi) is 20.0. The van der Waals surface area contributed by atoms with Gasteiger partial charge in [0.05, 0.1) is 66.1 Å². The van der Waals surface area contributed by atoms with E-state index in [1.807, 2.05) is 0 Å². The fourth-order valence-corrected chi connectivity index (χ4v) is 1.57. The highest BCUT2D eigenvalue weighted by atomic mass is 16.6. The second-order valence-corrected chi connectivity index (χ2v) is 4.74. The van der Waals surface area contributed by atoms with Crippen molar-refractivity contribution in [2.75, 3.05) is 79.3 Å². The van der Waals surface area contributed by atoms with Crippen molar-refractivity contribution in [2.45, 2.75) is 6.10 Å². The molecule has 0 N–H and O–H groups in total. The van der Waals surface area contributed by atoms with Gasteiger partial charge in [-0.2, -0.15) is 0 Å². The van der Waals surface area contributed by atoms with E-state index in [9.17, 15) is 4.79 Å². The zero-order valence-electron chi connectivity index (χ0n) is 15.1. The van der Waals surface area contributed by atoms with Gasteiger partial charge in [-0.25, -0.2) is 0 Å². The molecule has 0 aliphatic rings. The van der Waals surface area contributed by atoms with Gasteiger partial charge >= 0.3 is 0 Å². The number of rotatable bonds is 20. The Morgan fingerprint density at radius 1 is 0.654 bits per heavy atom. The predicted octanol–water partition coefficient (Wildman–Crippen LogP) is -0.106. The van der Waals surface area contributed by atoms with E-state index in [2.05, 4.69) is 11.8 Å². The SMILES string of the molecule is C#CCOCCOCCOCC(COCCOCCOCC#C)OC=O. The van der Waals surface area contributed by atoms with E-state index in [0.29, 0.717) is 59.3 Å². The van der Waals surface area contributed by atoms with Crippen LogP contribution in [0, 0.1) is 24.7 Å². The number of carbonyl (C=O) groups is 1. The molecular formula is C18H28O8. The third kappa shape index (κ3) is 18.7. The average molecular weight is 372 g/mol. The zero-order valence-corrected chi connectivity index (χ0v) is 15.1. The minimum atomic E-state index is -0.481. The van der Waals surface area contributed by atoms with Crippen molar-refractivity contribution in [3.8, 4) is 24.7 Å². The lowest BCUT2D eigenvalue weighted by Gasteiger charge is -2.16. The van der Waals surface area contributed by atoms with E-state index in [4.69, 9.17) is 46.0 Å². The molecule has 0 saturated carbocycles. The maximum absolute atomic E-state index is 10.5. The van der Waals surface area contributed by atoms with Gasteiger partial charge in [0.1, 0.15) is 19.3 Å². The standard InChI is InChI=1S/C18H28O8/c1-3-5-20-7-9-22-11-13-24-15-18(26-17-19)16-25-14-12-23-10-8-21-6-4-2/h1-2,17-18H,5-16H2. The highest BCUT2D eigenvalue weighted by molar-refractivity contribution is 5.37. The summed E-state index contributed by atoms with van der Waals surface area (Å²) in [6.45, 7) is 4.66. The fourth-order valence-electron chi connectivity index (χ4n) is 1.57. The first-order valence-corrected chi connectivity index (χ1v) is 8.27. The topological polar surface area (TPSA) is 81.7 Å². The normalized spacial score (nSPS) is 10.4. The summed E-state index contributed by atoms with van der Waals surface area (Å²) < 4.78 is 36.3. The molecule has 0 unspecified atom stereocenters. The molecule has 0 aromatic heterocycles. The van der Waals surface area contributed by atoms with Gasteiger partial charge in [0.25, 0.3) is 6.47 Å². The summed E-state index contributed by atoms with van der Waals surface area (Å²) in [6.07, 6.45) is 9.60. The molecule has 0 saturated heterocycles. The third-order valence-corrected chi connectivity index (χ3v) is 2.71. The molecule has 0 aliphatic carbocycles. The van der Waals surface area contributed by atoms with Gasteiger partial charge in [-0.3, -0.25) is 4.79 Å². The summed E-state index contributed by atoms with van der Waals surface area (Å²) in [6, 6.07) is 0. The van der Waals surface area contributed by atoms with E-state index < -0.39 is 6.10 Å². The predicted molar refractivity (Wildman–Crippen MR) is 93.5 cm³/mol. The Hall–Kier alpha value is -1.65. The summed E-state index contributed by atoms with van der Waals surface area (Å²) >= 11 is 0. The van der Waals surface area contributed by atoms with Crippen LogP contribution in [0.5, 0.6) is 0 Å². The smallest absolute Gasteiger partial charge is 0.293 e. The minimum Gasteiger partial charge on any atom is -0.460 e. The maximum atomic E-state index is 10.5. The minimum absolute atomic E-state index is 0.219. The van der Waals surface area contributed by atoms with E-state index in [0.717, 1.165) is 0 Å². The van der Waals surface area contributed by atoms with E-state index in [1.165, 1.54) is 0 Å². The lowest BCUT2D eigenvalue weighted by Crippen LogP contribution is -2.27. The van der Waals surface area contributed by atoms with E-state index in [1.54, 1.807) is 0 Å². The van der Waals surface area contributed by atoms with Crippen LogP contribution in [0.2, 0.25) is 0 Å². The molecule has 0 aromatic rings. The van der Waals surface area contributed by atoms with Crippen LogP contribution < -0.4 is 0 Å². The summed E-state index contributed by atoms with van der Waals surface area (Å²) in [4.78, 5) is 10.5. The first-order valence-electron chi connectivity index (χ1n) is 8.27. The zero-order chi connectivity index (χ0) is 19.1. The maximum Gasteiger partial charge on any atom is 0.293 e. The van der Waals surface area contributed by atoms with E-state index in [-0.39, 0.29) is 26.4 Å². The monoisotopic (exact) mass is 372 g/mol. The van der Waals surface area contributed by atoms with Crippen LogP contribution in [0.4, 0.5) is 0 Å². The third-order valence-electron chi connectivity index (χ3n) is 2.71. The number of carbonyl (C=O) groups excluding carboxylic acids is 1. The Morgan fingerprint density at radius 3 is 1.42 bits per heavy atom. The summed E-state index contributed by atoms with van der Waals surface area (Å²) in [5, 5.41) is 0. The molecule has 148 valence electrons. The molecular weight excluding hydrogens is 344 g/mol. The molecule has 0 rings (SSSR count). The summed E-state index contributed by atoms with van der Waals surface area (Å²) in [5.41, 5.74) is 0. The van der Waals surface area contributed by atoms with Crippen LogP contribution in [0.25, 0.3) is 0 Å². The van der Waals surface area contributed by atoms with Crippen molar-refractivity contribution in [3.63, 3.8) is 0 Å². The number of terminal acetylenes is 2. The first kappa shape index (κ1) is 24.4. The Balaban J connectivity index is 3.46. The van der Waals surface area contributed by atoms with Crippen LogP contribution in [-0.4, -0.2) is 91.9 Å².